The molecule has 0 aliphatic rings. The molecule has 3 aromatic rings. The van der Waals surface area contributed by atoms with Crippen LogP contribution >= 0.6 is 0 Å². The zero-order valence-corrected chi connectivity index (χ0v) is 12.7. The molecule has 1 aromatic carbocycles. The topological polar surface area (TPSA) is 71.0 Å². The number of aromatic hydroxyl groups is 1. The van der Waals surface area contributed by atoms with Gasteiger partial charge in [0.1, 0.15) is 5.75 Å². The van der Waals surface area contributed by atoms with Crippen LogP contribution < -0.4 is 4.74 Å². The number of pyridine rings is 1. The zero-order chi connectivity index (χ0) is 16.9. The van der Waals surface area contributed by atoms with Crippen LogP contribution in [-0.4, -0.2) is 26.9 Å². The second kappa shape index (κ2) is 7.08. The fourth-order valence-corrected chi connectivity index (χ4v) is 2.26. The van der Waals surface area contributed by atoms with E-state index in [0.717, 1.165) is 17.5 Å². The fourth-order valence-electron chi connectivity index (χ4n) is 2.26. The van der Waals surface area contributed by atoms with Gasteiger partial charge in [-0.25, -0.2) is 4.39 Å². The maximum atomic E-state index is 13.2. The number of rotatable bonds is 6. The molecule has 0 saturated carbocycles. The van der Waals surface area contributed by atoms with Crippen molar-refractivity contribution in [2.24, 2.45) is 0 Å². The zero-order valence-electron chi connectivity index (χ0n) is 12.7. The number of phenols is 1. The number of hydrogen-bond donors (Lipinski definition) is 2. The van der Waals surface area contributed by atoms with Crippen molar-refractivity contribution >= 4 is 0 Å². The molecule has 7 heteroatoms. The Morgan fingerprint density at radius 1 is 1.17 bits per heavy atom. The molecule has 0 atom stereocenters. The van der Waals surface area contributed by atoms with Crippen LogP contribution in [0.2, 0.25) is 0 Å². The fraction of sp³-hybridized carbons (Fsp3) is 0.176. The highest BCUT2D eigenvalue weighted by Gasteiger charge is 2.09. The van der Waals surface area contributed by atoms with E-state index >= 15 is 0 Å². The molecule has 5 nitrogen and oxygen atoms in total. The Morgan fingerprint density at radius 3 is 2.71 bits per heavy atom. The lowest BCUT2D eigenvalue weighted by molar-refractivity contribution is 0.309. The van der Waals surface area contributed by atoms with Crippen LogP contribution in [0.1, 0.15) is 12.0 Å². The van der Waals surface area contributed by atoms with Gasteiger partial charge in [0.15, 0.2) is 17.4 Å². The normalized spacial score (nSPS) is 10.8. The van der Waals surface area contributed by atoms with Gasteiger partial charge in [-0.05, 0) is 48.7 Å². The van der Waals surface area contributed by atoms with E-state index in [-0.39, 0.29) is 0 Å². The smallest absolute Gasteiger partial charge is 0.200 e. The van der Waals surface area contributed by atoms with E-state index in [9.17, 15) is 13.9 Å². The Morgan fingerprint density at radius 2 is 2.04 bits per heavy atom. The lowest BCUT2D eigenvalue weighted by Gasteiger charge is -2.07. The van der Waals surface area contributed by atoms with Crippen molar-refractivity contribution in [1.82, 2.24) is 15.2 Å². The van der Waals surface area contributed by atoms with Gasteiger partial charge in [-0.3, -0.25) is 10.1 Å². The molecule has 0 saturated heterocycles. The van der Waals surface area contributed by atoms with E-state index in [1.165, 1.54) is 6.07 Å². The second-order valence-electron chi connectivity index (χ2n) is 5.21. The standard InChI is InChI=1S/C17H15F2N3O2/c18-13-8-11(9-16(23)17(13)19)2-1-7-24-12-3-4-14(20-10-12)15-5-6-21-22-15/h3-6,8-10,23H,1-2,7H2,(H,21,22). The molecule has 3 rings (SSSR count). The first kappa shape index (κ1) is 15.9. The molecule has 2 heterocycles. The number of aromatic amines is 1. The highest BCUT2D eigenvalue weighted by molar-refractivity contribution is 5.53. The molecule has 0 bridgehead atoms. The molecular formula is C17H15F2N3O2. The molecule has 0 spiro atoms. The van der Waals surface area contributed by atoms with Crippen molar-refractivity contribution in [3.8, 4) is 22.9 Å². The Balaban J connectivity index is 1.50. The quantitative estimate of drug-likeness (QED) is 0.679. The van der Waals surface area contributed by atoms with Gasteiger partial charge >= 0.3 is 0 Å². The number of benzene rings is 1. The summed E-state index contributed by atoms with van der Waals surface area (Å²) < 4.78 is 31.7. The number of halogens is 2. The van der Waals surface area contributed by atoms with E-state index in [0.29, 0.717) is 30.8 Å². The summed E-state index contributed by atoms with van der Waals surface area (Å²) in [6.07, 6.45) is 4.31. The Bertz CT molecular complexity index is 782. The first-order chi connectivity index (χ1) is 11.6. The summed E-state index contributed by atoms with van der Waals surface area (Å²) in [7, 11) is 0. The number of hydrogen-bond acceptors (Lipinski definition) is 4. The summed E-state index contributed by atoms with van der Waals surface area (Å²) in [5.41, 5.74) is 2.10. The molecule has 0 fully saturated rings. The number of nitrogens with one attached hydrogen (secondary N) is 1. The third-order valence-corrected chi connectivity index (χ3v) is 3.46. The molecule has 2 N–H and O–H groups in total. The Hall–Kier alpha value is -2.96. The summed E-state index contributed by atoms with van der Waals surface area (Å²) in [5, 5.41) is 15.9. The number of ether oxygens (including phenoxy) is 1. The van der Waals surface area contributed by atoms with Crippen molar-refractivity contribution in [2.45, 2.75) is 12.8 Å². The van der Waals surface area contributed by atoms with Crippen LogP contribution in [0.4, 0.5) is 8.78 Å². The average Bonchev–Trinajstić information content (AvgIpc) is 3.11. The van der Waals surface area contributed by atoms with Crippen molar-refractivity contribution in [1.29, 1.82) is 0 Å². The second-order valence-corrected chi connectivity index (χ2v) is 5.21. The van der Waals surface area contributed by atoms with Crippen LogP contribution in [0, 0.1) is 11.6 Å². The number of H-pyrrole nitrogens is 1. The summed E-state index contributed by atoms with van der Waals surface area (Å²) in [6, 6.07) is 7.73. The van der Waals surface area contributed by atoms with E-state index < -0.39 is 17.4 Å². The molecule has 2 aromatic heterocycles. The van der Waals surface area contributed by atoms with Crippen LogP contribution in [0.5, 0.6) is 11.5 Å². The van der Waals surface area contributed by atoms with E-state index in [4.69, 9.17) is 4.74 Å². The number of nitrogens with zero attached hydrogens (tertiary/aromatic N) is 2. The van der Waals surface area contributed by atoms with Gasteiger partial charge in [0.25, 0.3) is 0 Å². The van der Waals surface area contributed by atoms with Gasteiger partial charge in [0.05, 0.1) is 24.2 Å². The van der Waals surface area contributed by atoms with Crippen LogP contribution in [0.3, 0.4) is 0 Å². The van der Waals surface area contributed by atoms with E-state index in [1.807, 2.05) is 12.1 Å². The largest absolute Gasteiger partial charge is 0.505 e. The highest BCUT2D eigenvalue weighted by Crippen LogP contribution is 2.21. The Labute approximate surface area is 136 Å². The maximum absolute atomic E-state index is 13.2. The van der Waals surface area contributed by atoms with Crippen molar-refractivity contribution < 1.29 is 18.6 Å². The third-order valence-electron chi connectivity index (χ3n) is 3.46. The first-order valence-electron chi connectivity index (χ1n) is 7.39. The third kappa shape index (κ3) is 3.68. The molecule has 24 heavy (non-hydrogen) atoms. The predicted molar refractivity (Wildman–Crippen MR) is 83.7 cm³/mol. The monoisotopic (exact) mass is 331 g/mol. The molecule has 0 radical (unpaired) electrons. The molecule has 0 aliphatic carbocycles. The first-order valence-corrected chi connectivity index (χ1v) is 7.39. The molecule has 124 valence electrons. The highest BCUT2D eigenvalue weighted by atomic mass is 19.2. The van der Waals surface area contributed by atoms with Crippen molar-refractivity contribution in [3.63, 3.8) is 0 Å². The number of aryl methyl sites for hydroxylation is 1. The maximum Gasteiger partial charge on any atom is 0.200 e. The van der Waals surface area contributed by atoms with Crippen LogP contribution in [-0.2, 0) is 6.42 Å². The summed E-state index contributed by atoms with van der Waals surface area (Å²) in [5.74, 6) is -2.33. The van der Waals surface area contributed by atoms with Crippen molar-refractivity contribution in [2.75, 3.05) is 6.61 Å². The van der Waals surface area contributed by atoms with Gasteiger partial charge in [-0.1, -0.05) is 0 Å². The van der Waals surface area contributed by atoms with Gasteiger partial charge in [0.2, 0.25) is 0 Å². The SMILES string of the molecule is Oc1cc(CCCOc2ccc(-c3ccn[nH]3)nc2)cc(F)c1F. The van der Waals surface area contributed by atoms with Crippen LogP contribution in [0.25, 0.3) is 11.4 Å². The minimum absolute atomic E-state index is 0.394. The minimum Gasteiger partial charge on any atom is -0.505 e. The number of phenolic OH excluding ortho intramolecular Hbond substituents is 1. The van der Waals surface area contributed by atoms with E-state index in [1.54, 1.807) is 18.5 Å². The molecular weight excluding hydrogens is 316 g/mol. The van der Waals surface area contributed by atoms with Crippen molar-refractivity contribution in [3.05, 3.63) is 59.9 Å². The predicted octanol–water partition coefficient (Wildman–Crippen LogP) is 3.47. The van der Waals surface area contributed by atoms with Gasteiger partial charge in [0, 0.05) is 6.20 Å². The lowest BCUT2D eigenvalue weighted by atomic mass is 10.1. The summed E-state index contributed by atoms with van der Waals surface area (Å²) in [4.78, 5) is 4.27. The van der Waals surface area contributed by atoms with Gasteiger partial charge < -0.3 is 9.84 Å². The minimum atomic E-state index is -1.22. The van der Waals surface area contributed by atoms with Gasteiger partial charge in [-0.2, -0.15) is 9.49 Å². The Kier molecular flexibility index (Phi) is 4.69. The summed E-state index contributed by atoms with van der Waals surface area (Å²) >= 11 is 0. The average molecular weight is 331 g/mol. The molecule has 0 amide bonds. The van der Waals surface area contributed by atoms with Gasteiger partial charge in [-0.15, -0.1) is 0 Å². The molecule has 0 unspecified atom stereocenters. The lowest BCUT2D eigenvalue weighted by Crippen LogP contribution is -2.00. The molecule has 0 aliphatic heterocycles. The van der Waals surface area contributed by atoms with Crippen LogP contribution in [0.15, 0.2) is 42.7 Å². The number of aromatic nitrogens is 3. The van der Waals surface area contributed by atoms with E-state index in [2.05, 4.69) is 15.2 Å². The summed E-state index contributed by atoms with van der Waals surface area (Å²) in [6.45, 7) is 0.394.